The fraction of sp³-hybridized carbons (Fsp3) is 0.933. The van der Waals surface area contributed by atoms with Crippen LogP contribution in [0.15, 0.2) is 11.6 Å². The lowest BCUT2D eigenvalue weighted by Crippen LogP contribution is -2.66. The topological polar surface area (TPSA) is 68.2 Å². The number of allylic oxidation sites excluding steroid dienone is 1. The van der Waals surface area contributed by atoms with Gasteiger partial charge in [0.2, 0.25) is 0 Å². The predicted octanol–water partition coefficient (Wildman–Crippen LogP) is 6.20. The van der Waals surface area contributed by atoms with Crippen molar-refractivity contribution in [2.24, 2.45) is 28.1 Å². The zero-order valence-electron chi connectivity index (χ0n) is 24.2. The first kappa shape index (κ1) is 27.3. The molecule has 0 radical (unpaired) electrons. The molecule has 36 heavy (non-hydrogen) atoms. The van der Waals surface area contributed by atoms with E-state index in [1.807, 2.05) is 0 Å². The van der Waals surface area contributed by atoms with Gasteiger partial charge >= 0.3 is 0 Å². The van der Waals surface area contributed by atoms with Gasteiger partial charge in [-0.15, -0.1) is 0 Å². The van der Waals surface area contributed by atoms with Gasteiger partial charge in [0.1, 0.15) is 0 Å². The first-order valence-corrected chi connectivity index (χ1v) is 17.4. The monoisotopic (exact) mass is 520 g/mol. The molecule has 2 unspecified atom stereocenters. The molecule has 1 heterocycles. The minimum atomic E-state index is -1.86. The molecule has 4 aliphatic carbocycles. The molecule has 6 heteroatoms. The first-order valence-electron chi connectivity index (χ1n) is 14.5. The van der Waals surface area contributed by atoms with E-state index in [2.05, 4.69) is 60.7 Å². The standard InChI is InChI=1S/C30H52O5Si/c1-25(2,3)36(7,8)35-24-10-9-22-21-11-14-29(32)17-30(33-19-26(4,5)20-34-30)16-15-28(29,18-31)23(21)12-13-27(22,24)6/h12,21-22,24,31-32H,9-11,13-20H2,1-8H3/t21?,22?,24-,27-,28-,29-/m0/s1. The average Bonchev–Trinajstić information content (AvgIpc) is 3.10. The molecule has 1 aliphatic heterocycles. The van der Waals surface area contributed by atoms with Gasteiger partial charge in [0.05, 0.1) is 31.5 Å². The Labute approximate surface area is 220 Å². The average molecular weight is 521 g/mol. The largest absolute Gasteiger partial charge is 0.413 e. The van der Waals surface area contributed by atoms with E-state index in [0.29, 0.717) is 44.0 Å². The molecule has 0 aromatic rings. The van der Waals surface area contributed by atoms with Crippen LogP contribution in [0.5, 0.6) is 0 Å². The Morgan fingerprint density at radius 3 is 2.31 bits per heavy atom. The van der Waals surface area contributed by atoms with Crippen molar-refractivity contribution in [3.63, 3.8) is 0 Å². The van der Waals surface area contributed by atoms with Crippen LogP contribution in [-0.2, 0) is 13.9 Å². The zero-order chi connectivity index (χ0) is 26.4. The Morgan fingerprint density at radius 1 is 1.03 bits per heavy atom. The van der Waals surface area contributed by atoms with Crippen LogP contribution in [0.4, 0.5) is 0 Å². The molecular formula is C30H52O5Si. The molecule has 5 rings (SSSR count). The van der Waals surface area contributed by atoms with Crippen LogP contribution < -0.4 is 0 Å². The molecule has 5 nitrogen and oxygen atoms in total. The lowest BCUT2D eigenvalue weighted by molar-refractivity contribution is -0.345. The summed E-state index contributed by atoms with van der Waals surface area (Å²) >= 11 is 0. The number of hydrogen-bond acceptors (Lipinski definition) is 5. The van der Waals surface area contributed by atoms with Crippen molar-refractivity contribution in [3.05, 3.63) is 11.6 Å². The molecule has 6 atom stereocenters. The van der Waals surface area contributed by atoms with Crippen molar-refractivity contribution < 1.29 is 24.1 Å². The van der Waals surface area contributed by atoms with Crippen molar-refractivity contribution in [3.8, 4) is 0 Å². The second kappa shape index (κ2) is 8.38. The smallest absolute Gasteiger partial charge is 0.192 e. The maximum atomic E-state index is 12.2. The van der Waals surface area contributed by atoms with E-state index in [-0.39, 0.29) is 22.5 Å². The van der Waals surface area contributed by atoms with Crippen LogP contribution in [0.1, 0.15) is 92.9 Å². The number of fused-ring (bicyclic) bond motifs is 5. The van der Waals surface area contributed by atoms with E-state index in [0.717, 1.165) is 32.1 Å². The summed E-state index contributed by atoms with van der Waals surface area (Å²) in [6.07, 6.45) is 9.60. The summed E-state index contributed by atoms with van der Waals surface area (Å²) in [5, 5.41) is 23.4. The van der Waals surface area contributed by atoms with E-state index >= 15 is 0 Å². The van der Waals surface area contributed by atoms with Gasteiger partial charge in [-0.05, 0) is 73.9 Å². The van der Waals surface area contributed by atoms with E-state index in [1.54, 1.807) is 0 Å². The summed E-state index contributed by atoms with van der Waals surface area (Å²) < 4.78 is 19.7. The fourth-order valence-electron chi connectivity index (χ4n) is 8.28. The summed E-state index contributed by atoms with van der Waals surface area (Å²) in [6, 6.07) is 0. The van der Waals surface area contributed by atoms with Crippen molar-refractivity contribution in [2.75, 3.05) is 19.8 Å². The molecule has 0 aromatic heterocycles. The fourth-order valence-corrected chi connectivity index (χ4v) is 9.73. The maximum absolute atomic E-state index is 12.2. The summed E-state index contributed by atoms with van der Waals surface area (Å²) in [4.78, 5) is 0. The molecule has 1 saturated heterocycles. The molecule has 0 amide bonds. The number of ether oxygens (including phenoxy) is 2. The molecular weight excluding hydrogens is 468 g/mol. The maximum Gasteiger partial charge on any atom is 0.192 e. The number of aliphatic hydroxyl groups excluding tert-OH is 1. The molecule has 4 fully saturated rings. The second-order valence-electron chi connectivity index (χ2n) is 15.7. The Hall–Kier alpha value is -0.243. The molecule has 0 bridgehead atoms. The van der Waals surface area contributed by atoms with Crippen LogP contribution in [0.3, 0.4) is 0 Å². The minimum absolute atomic E-state index is 0.000732. The predicted molar refractivity (Wildman–Crippen MR) is 145 cm³/mol. The van der Waals surface area contributed by atoms with E-state index < -0.39 is 25.1 Å². The van der Waals surface area contributed by atoms with Gasteiger partial charge in [-0.2, -0.15) is 0 Å². The van der Waals surface area contributed by atoms with Gasteiger partial charge in [-0.3, -0.25) is 0 Å². The SMILES string of the molecule is CC1(C)COC2(CC[C@]3(CO)C4=CC[C@@]5(C)C(CC[C@@H]5O[Si](C)(C)C(C)(C)C)C4CC[C@]3(O)C2)OC1. The van der Waals surface area contributed by atoms with Gasteiger partial charge < -0.3 is 24.1 Å². The highest BCUT2D eigenvalue weighted by molar-refractivity contribution is 6.74. The van der Waals surface area contributed by atoms with Gasteiger partial charge in [-0.25, -0.2) is 0 Å². The highest BCUT2D eigenvalue weighted by atomic mass is 28.4. The first-order chi connectivity index (χ1) is 16.5. The van der Waals surface area contributed by atoms with Crippen LogP contribution in [-0.4, -0.2) is 55.8 Å². The third-order valence-corrected chi connectivity index (χ3v) is 16.2. The Kier molecular flexibility index (Phi) is 6.36. The zero-order valence-corrected chi connectivity index (χ0v) is 25.2. The van der Waals surface area contributed by atoms with Crippen molar-refractivity contribution in [1.29, 1.82) is 0 Å². The van der Waals surface area contributed by atoms with E-state index in [9.17, 15) is 10.2 Å². The normalized spacial score (nSPS) is 43.9. The third-order valence-electron chi connectivity index (χ3n) is 11.7. The van der Waals surface area contributed by atoms with Gasteiger partial charge in [0, 0.05) is 23.7 Å². The Morgan fingerprint density at radius 2 is 1.69 bits per heavy atom. The van der Waals surface area contributed by atoms with Gasteiger partial charge in [-0.1, -0.05) is 53.2 Å². The lowest BCUT2D eigenvalue weighted by atomic mass is 9.46. The molecule has 3 saturated carbocycles. The van der Waals surface area contributed by atoms with Crippen LogP contribution in [0, 0.1) is 28.1 Å². The summed E-state index contributed by atoms with van der Waals surface area (Å²) in [5.41, 5.74) is -0.111. The molecule has 2 N–H and O–H groups in total. The Bertz CT molecular complexity index is 896. The Balaban J connectivity index is 1.42. The highest BCUT2D eigenvalue weighted by Crippen LogP contribution is 2.67. The molecule has 206 valence electrons. The molecule has 1 spiro atoms. The van der Waals surface area contributed by atoms with Crippen molar-refractivity contribution in [2.45, 2.75) is 129 Å². The number of aliphatic hydroxyl groups is 2. The quantitative estimate of drug-likeness (QED) is 0.343. The van der Waals surface area contributed by atoms with Crippen molar-refractivity contribution in [1.82, 2.24) is 0 Å². The van der Waals surface area contributed by atoms with Crippen LogP contribution in [0.2, 0.25) is 18.1 Å². The lowest BCUT2D eigenvalue weighted by Gasteiger charge is -2.63. The second-order valence-corrected chi connectivity index (χ2v) is 20.4. The van der Waals surface area contributed by atoms with Crippen LogP contribution in [0.25, 0.3) is 0 Å². The highest BCUT2D eigenvalue weighted by Gasteiger charge is 2.67. The third kappa shape index (κ3) is 3.95. The van der Waals surface area contributed by atoms with Gasteiger partial charge in [0.15, 0.2) is 14.1 Å². The van der Waals surface area contributed by atoms with Gasteiger partial charge in [0.25, 0.3) is 0 Å². The minimum Gasteiger partial charge on any atom is -0.413 e. The van der Waals surface area contributed by atoms with Crippen LogP contribution >= 0.6 is 0 Å². The van der Waals surface area contributed by atoms with Crippen molar-refractivity contribution >= 4 is 8.32 Å². The summed E-state index contributed by atoms with van der Waals surface area (Å²) in [7, 11) is -1.86. The number of rotatable bonds is 3. The summed E-state index contributed by atoms with van der Waals surface area (Å²) in [5.74, 6) is 0.263. The molecule has 5 aliphatic rings. The van der Waals surface area contributed by atoms with E-state index in [4.69, 9.17) is 13.9 Å². The molecule has 0 aromatic carbocycles. The number of hydrogen-bond donors (Lipinski definition) is 2. The summed E-state index contributed by atoms with van der Waals surface area (Å²) in [6.45, 7) is 19.8. The van der Waals surface area contributed by atoms with E-state index in [1.165, 1.54) is 12.0 Å².